The summed E-state index contributed by atoms with van der Waals surface area (Å²) in [5, 5.41) is 2.88. The minimum absolute atomic E-state index is 0.0255. The van der Waals surface area contributed by atoms with Crippen LogP contribution < -0.4 is 5.32 Å². The monoisotopic (exact) mass is 284 g/mol. The van der Waals surface area contributed by atoms with Crippen molar-refractivity contribution in [2.75, 3.05) is 26.8 Å². The first-order chi connectivity index (χ1) is 9.56. The van der Waals surface area contributed by atoms with Crippen molar-refractivity contribution in [1.82, 2.24) is 10.2 Å². The summed E-state index contributed by atoms with van der Waals surface area (Å²) in [5.41, 5.74) is 0. The smallest absolute Gasteiger partial charge is 0.237 e. The summed E-state index contributed by atoms with van der Waals surface area (Å²) in [6, 6.07) is 0.0208. The standard InChI is InChI=1S/C15H28N2O3/c1-12(18)11-14-7-5-4-6-9-17(14)13(2)15(19)16-8-10-20-3/h13-14H,4-11H2,1-3H3,(H,16,19). The van der Waals surface area contributed by atoms with Gasteiger partial charge in [-0.3, -0.25) is 14.5 Å². The molecule has 1 heterocycles. The lowest BCUT2D eigenvalue weighted by atomic mass is 10.0. The molecule has 20 heavy (non-hydrogen) atoms. The van der Waals surface area contributed by atoms with Crippen LogP contribution in [0.2, 0.25) is 0 Å². The number of carbonyl (C=O) groups excluding carboxylic acids is 2. The zero-order valence-corrected chi connectivity index (χ0v) is 13.0. The van der Waals surface area contributed by atoms with Crippen LogP contribution in [0.3, 0.4) is 0 Å². The number of Topliss-reactive ketones (excluding diaryl/α,β-unsaturated/α-hetero) is 1. The third-order valence-corrected chi connectivity index (χ3v) is 3.93. The molecule has 0 saturated carbocycles. The maximum absolute atomic E-state index is 12.2. The molecule has 0 aromatic heterocycles. The highest BCUT2D eigenvalue weighted by Gasteiger charge is 2.29. The second kappa shape index (κ2) is 9.08. The molecule has 0 aliphatic carbocycles. The molecule has 1 N–H and O–H groups in total. The highest BCUT2D eigenvalue weighted by atomic mass is 16.5. The van der Waals surface area contributed by atoms with E-state index in [1.807, 2.05) is 6.92 Å². The van der Waals surface area contributed by atoms with Crippen LogP contribution in [-0.2, 0) is 14.3 Å². The number of rotatable bonds is 7. The van der Waals surface area contributed by atoms with Crippen LogP contribution >= 0.6 is 0 Å². The van der Waals surface area contributed by atoms with Gasteiger partial charge < -0.3 is 10.1 Å². The minimum atomic E-state index is -0.186. The number of amides is 1. The van der Waals surface area contributed by atoms with E-state index in [0.29, 0.717) is 19.6 Å². The van der Waals surface area contributed by atoms with Crippen molar-refractivity contribution in [2.24, 2.45) is 0 Å². The second-order valence-corrected chi connectivity index (χ2v) is 5.61. The SMILES string of the molecule is COCCNC(=O)C(C)N1CCCCCC1CC(C)=O. The van der Waals surface area contributed by atoms with E-state index in [1.165, 1.54) is 6.42 Å². The number of hydrogen-bond acceptors (Lipinski definition) is 4. The van der Waals surface area contributed by atoms with Crippen LogP contribution in [-0.4, -0.2) is 55.5 Å². The molecule has 1 aliphatic rings. The molecule has 0 aromatic rings. The Bertz CT molecular complexity index is 320. The van der Waals surface area contributed by atoms with Crippen LogP contribution in [0.5, 0.6) is 0 Å². The maximum atomic E-state index is 12.2. The van der Waals surface area contributed by atoms with Gasteiger partial charge in [0.25, 0.3) is 0 Å². The lowest BCUT2D eigenvalue weighted by Crippen LogP contribution is -2.50. The van der Waals surface area contributed by atoms with Crippen molar-refractivity contribution < 1.29 is 14.3 Å². The van der Waals surface area contributed by atoms with Gasteiger partial charge in [-0.1, -0.05) is 12.8 Å². The summed E-state index contributed by atoms with van der Waals surface area (Å²) < 4.78 is 4.94. The second-order valence-electron chi connectivity index (χ2n) is 5.61. The average molecular weight is 284 g/mol. The number of nitrogens with one attached hydrogen (secondary N) is 1. The quantitative estimate of drug-likeness (QED) is 0.717. The van der Waals surface area contributed by atoms with Gasteiger partial charge in [0.1, 0.15) is 5.78 Å². The Balaban J connectivity index is 2.61. The summed E-state index contributed by atoms with van der Waals surface area (Å²) in [4.78, 5) is 25.8. The zero-order valence-electron chi connectivity index (χ0n) is 13.0. The van der Waals surface area contributed by atoms with Crippen molar-refractivity contribution in [3.63, 3.8) is 0 Å². The summed E-state index contributed by atoms with van der Waals surface area (Å²) in [7, 11) is 1.62. The minimum Gasteiger partial charge on any atom is -0.383 e. The number of carbonyl (C=O) groups is 2. The summed E-state index contributed by atoms with van der Waals surface area (Å²) in [5.74, 6) is 0.228. The van der Waals surface area contributed by atoms with Gasteiger partial charge in [-0.25, -0.2) is 0 Å². The van der Waals surface area contributed by atoms with Gasteiger partial charge in [-0.15, -0.1) is 0 Å². The molecular formula is C15H28N2O3. The van der Waals surface area contributed by atoms with Crippen LogP contribution in [0.4, 0.5) is 0 Å². The predicted octanol–water partition coefficient (Wildman–Crippen LogP) is 1.36. The first-order valence-electron chi connectivity index (χ1n) is 7.58. The van der Waals surface area contributed by atoms with Crippen LogP contribution in [0.25, 0.3) is 0 Å². The van der Waals surface area contributed by atoms with Gasteiger partial charge in [-0.2, -0.15) is 0 Å². The van der Waals surface area contributed by atoms with E-state index in [2.05, 4.69) is 10.2 Å². The Labute approximate surface area is 122 Å². The van der Waals surface area contributed by atoms with Crippen LogP contribution in [0, 0.1) is 0 Å². The molecule has 1 rings (SSSR count). The summed E-state index contributed by atoms with van der Waals surface area (Å²) >= 11 is 0. The van der Waals surface area contributed by atoms with Crippen molar-refractivity contribution in [2.45, 2.75) is 58.0 Å². The molecule has 1 amide bonds. The largest absolute Gasteiger partial charge is 0.383 e. The fourth-order valence-corrected chi connectivity index (χ4v) is 2.84. The van der Waals surface area contributed by atoms with Gasteiger partial charge in [-0.05, 0) is 33.2 Å². The molecule has 5 nitrogen and oxygen atoms in total. The van der Waals surface area contributed by atoms with Crippen molar-refractivity contribution in [3.05, 3.63) is 0 Å². The first kappa shape index (κ1) is 17.1. The molecule has 0 bridgehead atoms. The fourth-order valence-electron chi connectivity index (χ4n) is 2.84. The normalized spacial score (nSPS) is 22.1. The Hall–Kier alpha value is -0.940. The van der Waals surface area contributed by atoms with Gasteiger partial charge in [0.15, 0.2) is 0 Å². The van der Waals surface area contributed by atoms with Gasteiger partial charge in [0.05, 0.1) is 12.6 Å². The van der Waals surface area contributed by atoms with Crippen molar-refractivity contribution >= 4 is 11.7 Å². The van der Waals surface area contributed by atoms with Gasteiger partial charge in [0, 0.05) is 26.1 Å². The average Bonchev–Trinajstić information content (AvgIpc) is 2.63. The highest BCUT2D eigenvalue weighted by Crippen LogP contribution is 2.22. The van der Waals surface area contributed by atoms with Crippen LogP contribution in [0.1, 0.15) is 46.0 Å². The Morgan fingerprint density at radius 3 is 2.75 bits per heavy atom. The van der Waals surface area contributed by atoms with E-state index in [4.69, 9.17) is 4.74 Å². The number of likely N-dealkylation sites (tertiary alicyclic amines) is 1. The molecule has 1 fully saturated rings. The lowest BCUT2D eigenvalue weighted by molar-refractivity contribution is -0.128. The predicted molar refractivity (Wildman–Crippen MR) is 78.6 cm³/mol. The molecule has 2 atom stereocenters. The van der Waals surface area contributed by atoms with Crippen LogP contribution in [0.15, 0.2) is 0 Å². The molecule has 1 aliphatic heterocycles. The number of methoxy groups -OCH3 is 1. The summed E-state index contributed by atoms with van der Waals surface area (Å²) in [6.45, 7) is 5.52. The highest BCUT2D eigenvalue weighted by molar-refractivity contribution is 5.81. The number of ether oxygens (including phenoxy) is 1. The van der Waals surface area contributed by atoms with E-state index >= 15 is 0 Å². The fraction of sp³-hybridized carbons (Fsp3) is 0.867. The molecule has 5 heteroatoms. The summed E-state index contributed by atoms with van der Waals surface area (Å²) in [6.07, 6.45) is 4.99. The topological polar surface area (TPSA) is 58.6 Å². The van der Waals surface area contributed by atoms with Gasteiger partial charge >= 0.3 is 0 Å². The number of nitrogens with zero attached hydrogens (tertiary/aromatic N) is 1. The van der Waals surface area contributed by atoms with E-state index in [9.17, 15) is 9.59 Å². The van der Waals surface area contributed by atoms with E-state index in [0.717, 1.165) is 25.8 Å². The van der Waals surface area contributed by atoms with Crippen molar-refractivity contribution in [3.8, 4) is 0 Å². The first-order valence-corrected chi connectivity index (χ1v) is 7.58. The molecule has 2 unspecified atom stereocenters. The Kier molecular flexibility index (Phi) is 7.77. The number of ketones is 1. The molecule has 1 saturated heterocycles. The molecule has 0 radical (unpaired) electrons. The third kappa shape index (κ3) is 5.59. The van der Waals surface area contributed by atoms with Gasteiger partial charge in [0.2, 0.25) is 5.91 Å². The van der Waals surface area contributed by atoms with E-state index < -0.39 is 0 Å². The maximum Gasteiger partial charge on any atom is 0.237 e. The van der Waals surface area contributed by atoms with Crippen molar-refractivity contribution in [1.29, 1.82) is 0 Å². The lowest BCUT2D eigenvalue weighted by Gasteiger charge is -2.34. The Morgan fingerprint density at radius 2 is 2.10 bits per heavy atom. The Morgan fingerprint density at radius 1 is 1.35 bits per heavy atom. The van der Waals surface area contributed by atoms with E-state index in [1.54, 1.807) is 14.0 Å². The number of hydrogen-bond donors (Lipinski definition) is 1. The molecule has 0 aromatic carbocycles. The molecular weight excluding hydrogens is 256 g/mol. The zero-order chi connectivity index (χ0) is 15.0. The molecule has 116 valence electrons. The third-order valence-electron chi connectivity index (χ3n) is 3.93. The van der Waals surface area contributed by atoms with E-state index in [-0.39, 0.29) is 23.8 Å². The molecule has 0 spiro atoms.